The third-order valence-electron chi connectivity index (χ3n) is 14.5. The number of anilines is 14. The zero-order valence-corrected chi connectivity index (χ0v) is 67.4. The number of hydrogen-bond donors (Lipinski definition) is 19. The Morgan fingerprint density at radius 1 is 0.374 bits per heavy atom. The van der Waals surface area contributed by atoms with Crippen molar-refractivity contribution < 1.29 is 96.5 Å². The van der Waals surface area contributed by atoms with Gasteiger partial charge in [0.2, 0.25) is 106 Å². The van der Waals surface area contributed by atoms with E-state index in [4.69, 9.17) is 35.2 Å². The lowest BCUT2D eigenvalue weighted by molar-refractivity contribution is -0.135. The van der Waals surface area contributed by atoms with Gasteiger partial charge in [0.15, 0.2) is 0 Å². The van der Waals surface area contributed by atoms with Crippen LogP contribution in [-0.2, 0) is 55.0 Å². The van der Waals surface area contributed by atoms with Crippen LogP contribution in [0.4, 0.5) is 82.5 Å². The number of benzene rings is 3. The maximum atomic E-state index is 11.8. The number of likely N-dealkylation sites (N-methyl/N-ethyl adjacent to an activating group) is 4. The van der Waals surface area contributed by atoms with Crippen LogP contribution in [-0.4, -0.2) is 310 Å². The lowest BCUT2D eigenvalue weighted by Gasteiger charge is -2.19. The number of nitrogens with one attached hydrogen (secondary N) is 12. The molecule has 19 N–H and O–H groups in total. The number of hydrogen-bond acceptors (Lipinski definition) is 39. The summed E-state index contributed by atoms with van der Waals surface area (Å²) in [6.07, 6.45) is 0. The van der Waals surface area contributed by atoms with Crippen LogP contribution in [0.25, 0.3) is 0 Å². The number of aromatic amines is 1. The number of carboxylic acids is 4. The molecule has 49 nitrogen and oxygen atoms in total. The van der Waals surface area contributed by atoms with Crippen LogP contribution in [0.15, 0.2) is 77.6 Å². The van der Waals surface area contributed by atoms with Gasteiger partial charge in [0, 0.05) is 117 Å². The molecule has 7 rings (SSSR count). The Bertz CT molecular complexity index is 4980. The number of aliphatic hydroxyl groups is 2. The number of aliphatic hydroxyl groups excluding tert-OH is 2. The highest BCUT2D eigenvalue weighted by atomic mass is 32.2. The molecule has 0 atom stereocenters. The number of H-pyrrole nitrogens is 1. The summed E-state index contributed by atoms with van der Waals surface area (Å²) >= 11 is 0. The van der Waals surface area contributed by atoms with Gasteiger partial charge in [0.1, 0.15) is 6.54 Å². The highest BCUT2D eigenvalue weighted by Crippen LogP contribution is 2.22. The van der Waals surface area contributed by atoms with E-state index in [1.807, 2.05) is 0 Å². The second-order valence-electron chi connectivity index (χ2n) is 23.3. The minimum Gasteiger partial charge on any atom is -0.480 e. The lowest BCUT2D eigenvalue weighted by Crippen LogP contribution is -2.35. The fourth-order valence-electron chi connectivity index (χ4n) is 8.19. The number of nitrogens with zero attached hydrogens (tertiary/aromatic N) is 15. The van der Waals surface area contributed by atoms with Gasteiger partial charge in [-0.3, -0.25) is 14.3 Å². The molecule has 0 radical (unpaired) electrons. The van der Waals surface area contributed by atoms with E-state index in [9.17, 15) is 66.1 Å². The van der Waals surface area contributed by atoms with Crippen molar-refractivity contribution in [1.29, 1.82) is 0 Å². The molecule has 4 heterocycles. The smallest absolute Gasteiger partial charge is 0.351 e. The van der Waals surface area contributed by atoms with Crippen molar-refractivity contribution in [2.75, 3.05) is 206 Å². The molecule has 54 heteroatoms. The zero-order valence-electron chi connectivity index (χ0n) is 63.4. The molecule has 3 aromatic carbocycles. The normalized spacial score (nSPS) is 11.3. The van der Waals surface area contributed by atoms with Crippen LogP contribution in [0.5, 0.6) is 0 Å². The number of aromatic carboxylic acids is 3. The highest BCUT2D eigenvalue weighted by Gasteiger charge is 2.19. The van der Waals surface area contributed by atoms with Crippen molar-refractivity contribution in [3.05, 3.63) is 100.0 Å². The van der Waals surface area contributed by atoms with Gasteiger partial charge in [-0.15, -0.1) is 0 Å². The number of aliphatic carboxylic acids is 1. The molecular weight excluding hydrogens is 1620 g/mol. The Morgan fingerprint density at radius 3 is 0.939 bits per heavy atom. The predicted molar refractivity (Wildman–Crippen MR) is 427 cm³/mol. The number of carboxylic acid groups (broad SMARTS) is 4. The van der Waals surface area contributed by atoms with E-state index in [0.717, 1.165) is 0 Å². The number of carbonyl (C=O) groups is 4. The summed E-state index contributed by atoms with van der Waals surface area (Å²) in [5, 5.41) is 73.1. The molecule has 0 spiro atoms. The maximum absolute atomic E-state index is 11.8. The van der Waals surface area contributed by atoms with Crippen molar-refractivity contribution in [1.82, 2.24) is 78.7 Å². The first-order valence-electron chi connectivity index (χ1n) is 34.2. The molecule has 0 amide bonds. The zero-order chi connectivity index (χ0) is 85.7. The standard InChI is InChI=1S/C17H25N7O7S2.C17H25N7O5S.C15H20N6O5S.C12H23N7O5S/c1-3-32(27,28)19-8-10-24(2)17-22-15(18-9-11-33(29,30)31)21-16(23-17)20-13-6-4-12(5-7-13)14(25)26;1-3-30(28,29)19-8-10-24(2)17-22-15(18-9-11-25)21-16(23-17)20-13-6-4-12(5-7-13)14(26)27;1-3-27(25,26)16-8-9-21(2)14-18-13(19-15(24)20-14)17-11-6-4-10(5-7-11)12(22)23;1-3-25(23,24)15-4-6-19(2)12-17-10(13-5-7-20)16-11(18-12)14-8-9(21)22/h4-7,19H,3,8-11H2,1-2H3,(H,25,26)(H,29,30,31)(H2,18,20,21,22,23);4-7,19,25H,3,8-11H2,1-2H3,(H,26,27)(H2,18,20,21,22,23);4-7,16H,3,8-9H2,1-2H3,(H,22,23)(H2,17,18,19,20,24);15,20H,3-8H2,1-2H3,(H,21,22)(H2,13,14,16,17,18). The molecule has 0 bridgehead atoms. The number of sulfonamides is 4. The van der Waals surface area contributed by atoms with Crippen molar-refractivity contribution in [2.24, 2.45) is 0 Å². The third kappa shape index (κ3) is 37.4. The van der Waals surface area contributed by atoms with Crippen LogP contribution in [0.1, 0.15) is 58.8 Å². The van der Waals surface area contributed by atoms with Gasteiger partial charge in [-0.2, -0.15) is 63.2 Å². The van der Waals surface area contributed by atoms with Gasteiger partial charge in [-0.05, 0) is 100 Å². The first kappa shape index (κ1) is 96.0. The molecule has 634 valence electrons. The van der Waals surface area contributed by atoms with E-state index in [0.29, 0.717) is 30.2 Å². The van der Waals surface area contributed by atoms with Crippen LogP contribution < -0.4 is 81.4 Å². The summed E-state index contributed by atoms with van der Waals surface area (Å²) < 4.78 is 133. The minimum atomic E-state index is -4.19. The SMILES string of the molecule is CCS(=O)(=O)NCCN(C)c1nc(NCCO)nc(NCC(=O)O)n1.CCS(=O)(=O)NCCN(C)c1nc(NCCO)nc(Nc2ccc(C(=O)O)cc2)n1.CCS(=O)(=O)NCCN(C)c1nc(NCCS(=O)(=O)O)nc(Nc2ccc(C(=O)O)cc2)n1.CCS(=O)(=O)NCCN(C)c1nc(Nc2ccc(C(=O)O)cc2)[nH]c(=O)n1. The molecule has 4 aromatic heterocycles. The third-order valence-corrected chi connectivity index (χ3v) is 20.8. The van der Waals surface area contributed by atoms with E-state index < -0.39 is 85.5 Å². The van der Waals surface area contributed by atoms with Gasteiger partial charge >= 0.3 is 29.6 Å². The fourth-order valence-corrected chi connectivity index (χ4v) is 11.0. The predicted octanol–water partition coefficient (Wildman–Crippen LogP) is -1.79. The van der Waals surface area contributed by atoms with Crippen LogP contribution in [0.2, 0.25) is 0 Å². The Morgan fingerprint density at radius 2 is 0.652 bits per heavy atom. The second-order valence-corrected chi connectivity index (χ2v) is 33.3. The van der Waals surface area contributed by atoms with Gasteiger partial charge in [-0.1, -0.05) is 0 Å². The molecular formula is C61H93N27O22S5. The highest BCUT2D eigenvalue weighted by molar-refractivity contribution is 7.90. The molecule has 0 aliphatic carbocycles. The Hall–Kier alpha value is -11.4. The van der Waals surface area contributed by atoms with E-state index in [-0.39, 0.29) is 184 Å². The molecule has 0 unspecified atom stereocenters. The molecule has 0 saturated heterocycles. The monoisotopic (exact) mass is 1720 g/mol. The van der Waals surface area contributed by atoms with Crippen LogP contribution >= 0.6 is 0 Å². The fraction of sp³-hybridized carbons (Fsp3) is 0.443. The quantitative estimate of drug-likeness (QED) is 0.0187. The van der Waals surface area contributed by atoms with Gasteiger partial charge < -0.3 is 87.5 Å². The first-order valence-corrected chi connectivity index (χ1v) is 42.5. The molecule has 0 aliphatic rings. The Balaban J connectivity index is 0.000000325. The summed E-state index contributed by atoms with van der Waals surface area (Å²) in [7, 11) is -10.8. The largest absolute Gasteiger partial charge is 0.480 e. The Labute approximate surface area is 661 Å². The summed E-state index contributed by atoms with van der Waals surface area (Å²) in [6.45, 7) is 7.47. The summed E-state index contributed by atoms with van der Waals surface area (Å²) in [5.74, 6) is -3.29. The van der Waals surface area contributed by atoms with E-state index >= 15 is 0 Å². The van der Waals surface area contributed by atoms with E-state index in [1.54, 1.807) is 61.9 Å². The van der Waals surface area contributed by atoms with Gasteiger partial charge in [0.25, 0.3) is 10.1 Å². The molecule has 0 saturated carbocycles. The van der Waals surface area contributed by atoms with E-state index in [2.05, 4.69) is 116 Å². The molecule has 0 aliphatic heterocycles. The average molecular weight is 1720 g/mol. The van der Waals surface area contributed by atoms with Crippen molar-refractivity contribution in [2.45, 2.75) is 27.7 Å². The molecule has 115 heavy (non-hydrogen) atoms. The van der Waals surface area contributed by atoms with Crippen molar-refractivity contribution in [3.63, 3.8) is 0 Å². The number of aromatic nitrogens is 12. The maximum Gasteiger partial charge on any atom is 0.351 e. The van der Waals surface area contributed by atoms with Crippen molar-refractivity contribution >= 4 is 157 Å². The van der Waals surface area contributed by atoms with Crippen molar-refractivity contribution in [3.8, 4) is 0 Å². The molecule has 7 aromatic rings. The lowest BCUT2D eigenvalue weighted by atomic mass is 10.2. The Kier molecular flexibility index (Phi) is 39.0. The topological polar surface area (TPSA) is 701 Å². The first-order chi connectivity index (χ1) is 54.1. The molecule has 0 fully saturated rings. The minimum absolute atomic E-state index is 0.00750. The summed E-state index contributed by atoms with van der Waals surface area (Å²) in [6, 6.07) is 17.8. The van der Waals surface area contributed by atoms with Gasteiger partial charge in [0.05, 0.1) is 58.7 Å². The van der Waals surface area contributed by atoms with E-state index in [1.165, 1.54) is 86.3 Å². The second kappa shape index (κ2) is 46.7. The van der Waals surface area contributed by atoms with Crippen LogP contribution in [0.3, 0.4) is 0 Å². The van der Waals surface area contributed by atoms with Gasteiger partial charge in [-0.25, -0.2) is 71.7 Å². The summed E-state index contributed by atoms with van der Waals surface area (Å²) in [5.41, 5.74) is 1.33. The average Bonchev–Trinajstić information content (AvgIpc) is 0.852. The summed E-state index contributed by atoms with van der Waals surface area (Å²) in [4.78, 5) is 110. The number of rotatable bonds is 46. The van der Waals surface area contributed by atoms with Crippen LogP contribution in [0, 0.1) is 0 Å².